The Morgan fingerprint density at radius 3 is 2.60 bits per heavy atom. The highest BCUT2D eigenvalue weighted by Gasteiger charge is 2.18. The largest absolute Gasteiger partial charge is 0.488 e. The van der Waals surface area contributed by atoms with Gasteiger partial charge >= 0.3 is 0 Å². The molecular formula is C24H27N3O6S2. The van der Waals surface area contributed by atoms with E-state index in [4.69, 9.17) is 14.2 Å². The number of sulfone groups is 1. The summed E-state index contributed by atoms with van der Waals surface area (Å²) in [5.74, 6) is 0.886. The van der Waals surface area contributed by atoms with Gasteiger partial charge in [0, 0.05) is 49.4 Å². The highest BCUT2D eigenvalue weighted by Crippen LogP contribution is 2.30. The van der Waals surface area contributed by atoms with Gasteiger partial charge < -0.3 is 19.5 Å². The van der Waals surface area contributed by atoms with Crippen LogP contribution in [0.5, 0.6) is 17.2 Å². The molecule has 1 aliphatic heterocycles. The average Bonchev–Trinajstić information content (AvgIpc) is 3.21. The van der Waals surface area contributed by atoms with Crippen LogP contribution in [0, 0.1) is 0 Å². The maximum absolute atomic E-state index is 13.1. The van der Waals surface area contributed by atoms with Crippen LogP contribution < -0.4 is 20.1 Å². The number of thiazole rings is 1. The summed E-state index contributed by atoms with van der Waals surface area (Å²) in [6, 6.07) is 11.0. The molecule has 1 atom stereocenters. The Hall–Kier alpha value is -2.99. The van der Waals surface area contributed by atoms with Gasteiger partial charge in [-0.05, 0) is 43.3 Å². The minimum absolute atomic E-state index is 0.191. The molecule has 1 amide bonds. The molecule has 2 heterocycles. The van der Waals surface area contributed by atoms with E-state index in [2.05, 4.69) is 15.6 Å². The summed E-state index contributed by atoms with van der Waals surface area (Å²) in [5.41, 5.74) is 1.34. The highest BCUT2D eigenvalue weighted by molar-refractivity contribution is 7.90. The zero-order valence-corrected chi connectivity index (χ0v) is 21.3. The standard InChI is InChI=1S/C24H27N3O6S2/c1-15(14-31-2)32-18-10-16(23(28)27-24-26-21-8-9-25-13-22(21)34-24)11-19(12-18)33-17-4-6-20(7-5-17)35(3,29)30/h4-7,10-12,15,25H,8-9,13-14H2,1-3H3,(H,26,27,28). The van der Waals surface area contributed by atoms with Crippen LogP contribution in [0.1, 0.15) is 27.9 Å². The summed E-state index contributed by atoms with van der Waals surface area (Å²) >= 11 is 1.46. The fourth-order valence-electron chi connectivity index (χ4n) is 3.57. The van der Waals surface area contributed by atoms with Gasteiger partial charge in [-0.1, -0.05) is 0 Å². The molecule has 2 N–H and O–H groups in total. The van der Waals surface area contributed by atoms with E-state index in [1.165, 1.54) is 23.5 Å². The predicted octanol–water partition coefficient (Wildman–Crippen LogP) is 3.65. The van der Waals surface area contributed by atoms with Crippen molar-refractivity contribution in [3.05, 3.63) is 58.6 Å². The SMILES string of the molecule is COCC(C)Oc1cc(Oc2ccc(S(C)(=O)=O)cc2)cc(C(=O)Nc2nc3c(s2)CNCC3)c1. The third kappa shape index (κ3) is 6.57. The van der Waals surface area contributed by atoms with E-state index in [-0.39, 0.29) is 16.9 Å². The second-order valence-corrected chi connectivity index (χ2v) is 11.3. The molecule has 1 aliphatic rings. The first-order valence-electron chi connectivity index (χ1n) is 11.0. The normalized spacial score (nSPS) is 14.1. The third-order valence-electron chi connectivity index (χ3n) is 5.19. The number of benzene rings is 2. The number of rotatable bonds is 9. The van der Waals surface area contributed by atoms with Crippen molar-refractivity contribution in [3.63, 3.8) is 0 Å². The molecule has 0 saturated carbocycles. The number of carbonyl (C=O) groups excluding carboxylic acids is 1. The van der Waals surface area contributed by atoms with Gasteiger partial charge in [0.15, 0.2) is 15.0 Å². The van der Waals surface area contributed by atoms with Crippen molar-refractivity contribution in [3.8, 4) is 17.2 Å². The van der Waals surface area contributed by atoms with Crippen LogP contribution in [0.3, 0.4) is 0 Å². The van der Waals surface area contributed by atoms with Crippen LogP contribution in [0.4, 0.5) is 5.13 Å². The highest BCUT2D eigenvalue weighted by atomic mass is 32.2. The number of ether oxygens (including phenoxy) is 3. The Kier molecular flexibility index (Phi) is 7.70. The Morgan fingerprint density at radius 2 is 1.91 bits per heavy atom. The lowest BCUT2D eigenvalue weighted by Crippen LogP contribution is -2.22. The Bertz CT molecular complexity index is 1280. The van der Waals surface area contributed by atoms with Crippen molar-refractivity contribution in [2.75, 3.05) is 31.8 Å². The molecule has 186 valence electrons. The number of fused-ring (bicyclic) bond motifs is 1. The number of anilines is 1. The molecule has 9 nitrogen and oxygen atoms in total. The zero-order valence-electron chi connectivity index (χ0n) is 19.7. The van der Waals surface area contributed by atoms with Crippen molar-refractivity contribution < 1.29 is 27.4 Å². The van der Waals surface area contributed by atoms with Gasteiger partial charge in [0.25, 0.3) is 5.91 Å². The van der Waals surface area contributed by atoms with Crippen molar-refractivity contribution in [2.24, 2.45) is 0 Å². The number of hydrogen-bond donors (Lipinski definition) is 2. The van der Waals surface area contributed by atoms with Crippen LogP contribution in [-0.2, 0) is 27.5 Å². The van der Waals surface area contributed by atoms with Gasteiger partial charge in [-0.2, -0.15) is 0 Å². The molecule has 0 fully saturated rings. The fourth-order valence-corrected chi connectivity index (χ4v) is 5.17. The van der Waals surface area contributed by atoms with Gasteiger partial charge in [-0.3, -0.25) is 10.1 Å². The minimum Gasteiger partial charge on any atom is -0.488 e. The number of nitrogens with zero attached hydrogens (tertiary/aromatic N) is 1. The zero-order chi connectivity index (χ0) is 25.0. The van der Waals surface area contributed by atoms with E-state index < -0.39 is 9.84 Å². The fraction of sp³-hybridized carbons (Fsp3) is 0.333. The molecule has 0 aliphatic carbocycles. The molecule has 4 rings (SSSR count). The number of hydrogen-bond acceptors (Lipinski definition) is 9. The lowest BCUT2D eigenvalue weighted by atomic mass is 10.2. The maximum Gasteiger partial charge on any atom is 0.257 e. The lowest BCUT2D eigenvalue weighted by Gasteiger charge is -2.16. The Morgan fingerprint density at radius 1 is 1.17 bits per heavy atom. The van der Waals surface area contributed by atoms with Crippen LogP contribution in [0.25, 0.3) is 0 Å². The van der Waals surface area contributed by atoms with Crippen LogP contribution in [-0.4, -0.2) is 51.9 Å². The average molecular weight is 518 g/mol. The van der Waals surface area contributed by atoms with E-state index in [1.807, 2.05) is 6.92 Å². The first kappa shape index (κ1) is 25.1. The quantitative estimate of drug-likeness (QED) is 0.442. The van der Waals surface area contributed by atoms with E-state index in [9.17, 15) is 13.2 Å². The summed E-state index contributed by atoms with van der Waals surface area (Å²) in [6.45, 7) is 3.85. The van der Waals surface area contributed by atoms with Crippen LogP contribution >= 0.6 is 11.3 Å². The second-order valence-electron chi connectivity index (χ2n) is 8.19. The number of carbonyl (C=O) groups is 1. The monoisotopic (exact) mass is 517 g/mol. The number of amides is 1. The summed E-state index contributed by atoms with van der Waals surface area (Å²) < 4.78 is 40.4. The van der Waals surface area contributed by atoms with Gasteiger partial charge in [-0.15, -0.1) is 11.3 Å². The molecule has 35 heavy (non-hydrogen) atoms. The predicted molar refractivity (Wildman–Crippen MR) is 134 cm³/mol. The Balaban J connectivity index is 1.58. The van der Waals surface area contributed by atoms with Crippen molar-refractivity contribution in [1.29, 1.82) is 0 Å². The number of methoxy groups -OCH3 is 1. The van der Waals surface area contributed by atoms with E-state index in [0.717, 1.165) is 36.3 Å². The van der Waals surface area contributed by atoms with Crippen molar-refractivity contribution >= 4 is 32.2 Å². The van der Waals surface area contributed by atoms with Crippen LogP contribution in [0.15, 0.2) is 47.4 Å². The second kappa shape index (κ2) is 10.7. The first-order valence-corrected chi connectivity index (χ1v) is 13.7. The van der Waals surface area contributed by atoms with E-state index in [0.29, 0.717) is 34.6 Å². The molecule has 11 heteroatoms. The molecule has 3 aromatic rings. The van der Waals surface area contributed by atoms with Crippen LogP contribution in [0.2, 0.25) is 0 Å². The topological polar surface area (TPSA) is 116 Å². The molecule has 0 bridgehead atoms. The van der Waals surface area contributed by atoms with Gasteiger partial charge in [0.1, 0.15) is 23.4 Å². The minimum atomic E-state index is -3.32. The third-order valence-corrected chi connectivity index (χ3v) is 7.33. The number of nitrogens with one attached hydrogen (secondary N) is 2. The molecular weight excluding hydrogens is 490 g/mol. The summed E-state index contributed by atoms with van der Waals surface area (Å²) in [5, 5.41) is 6.72. The lowest BCUT2D eigenvalue weighted by molar-refractivity contribution is 0.0916. The summed E-state index contributed by atoms with van der Waals surface area (Å²) in [4.78, 5) is 19.0. The molecule has 0 spiro atoms. The van der Waals surface area contributed by atoms with Gasteiger partial charge in [-0.25, -0.2) is 13.4 Å². The van der Waals surface area contributed by atoms with Crippen molar-refractivity contribution in [1.82, 2.24) is 10.3 Å². The van der Waals surface area contributed by atoms with E-state index in [1.54, 1.807) is 37.4 Å². The molecule has 2 aromatic carbocycles. The molecule has 0 radical (unpaired) electrons. The van der Waals surface area contributed by atoms with E-state index >= 15 is 0 Å². The smallest absolute Gasteiger partial charge is 0.257 e. The van der Waals surface area contributed by atoms with Crippen molar-refractivity contribution in [2.45, 2.75) is 30.9 Å². The Labute approximate surface area is 208 Å². The maximum atomic E-state index is 13.1. The van der Waals surface area contributed by atoms with Gasteiger partial charge in [0.05, 0.1) is 17.2 Å². The first-order chi connectivity index (χ1) is 16.7. The van der Waals surface area contributed by atoms with Gasteiger partial charge in [0.2, 0.25) is 0 Å². The summed E-state index contributed by atoms with van der Waals surface area (Å²) in [7, 11) is -1.73. The molecule has 1 aromatic heterocycles. The molecule has 1 unspecified atom stereocenters. The molecule has 0 saturated heterocycles. The number of aromatic nitrogens is 1. The summed E-state index contributed by atoms with van der Waals surface area (Å²) in [6.07, 6.45) is 1.72.